The molecule has 0 saturated carbocycles. The lowest BCUT2D eigenvalue weighted by Crippen LogP contribution is -2.10. The molecule has 0 fully saturated rings. The third-order valence-electron chi connectivity index (χ3n) is 1.74. The Bertz CT molecular complexity index is 363. The second kappa shape index (κ2) is 3.95. The van der Waals surface area contributed by atoms with E-state index in [0.29, 0.717) is 5.56 Å². The summed E-state index contributed by atoms with van der Waals surface area (Å²) in [5.41, 5.74) is 0.650. The van der Waals surface area contributed by atoms with E-state index in [2.05, 4.69) is 9.47 Å². The number of carbonyl (C=O) groups is 2. The molecule has 1 heterocycles. The van der Waals surface area contributed by atoms with Crippen molar-refractivity contribution in [3.8, 4) is 0 Å². The van der Waals surface area contributed by atoms with Crippen LogP contribution in [0.5, 0.6) is 0 Å². The van der Waals surface area contributed by atoms with E-state index in [0.717, 1.165) is 0 Å². The highest BCUT2D eigenvalue weighted by atomic mass is 16.5. The van der Waals surface area contributed by atoms with Gasteiger partial charge in [0.05, 0.1) is 20.5 Å². The monoisotopic (exact) mass is 198 g/mol. The van der Waals surface area contributed by atoms with Gasteiger partial charge in [0.25, 0.3) is 0 Å². The van der Waals surface area contributed by atoms with Gasteiger partial charge in [0.2, 0.25) is 5.76 Å². The van der Waals surface area contributed by atoms with E-state index in [-0.39, 0.29) is 11.3 Å². The largest absolute Gasteiger partial charge is 0.465 e. The molecule has 0 radical (unpaired) electrons. The van der Waals surface area contributed by atoms with Gasteiger partial charge in [0, 0.05) is 5.56 Å². The summed E-state index contributed by atoms with van der Waals surface area (Å²) in [6, 6.07) is 0. The zero-order chi connectivity index (χ0) is 10.7. The molecule has 0 unspecified atom stereocenters. The first-order valence-corrected chi connectivity index (χ1v) is 3.86. The highest BCUT2D eigenvalue weighted by molar-refractivity contribution is 6.02. The van der Waals surface area contributed by atoms with Crippen LogP contribution < -0.4 is 0 Å². The number of ether oxygens (including phenoxy) is 2. The smallest absolute Gasteiger partial charge is 0.374 e. The molecule has 1 aromatic heterocycles. The average Bonchev–Trinajstić information content (AvgIpc) is 2.58. The van der Waals surface area contributed by atoms with Crippen LogP contribution in [-0.4, -0.2) is 26.2 Å². The Kier molecular flexibility index (Phi) is 2.91. The predicted molar refractivity (Wildman–Crippen MR) is 46.1 cm³/mol. The van der Waals surface area contributed by atoms with Crippen molar-refractivity contribution in [2.45, 2.75) is 6.92 Å². The van der Waals surface area contributed by atoms with Crippen molar-refractivity contribution in [3.05, 3.63) is 23.2 Å². The Labute approximate surface area is 80.6 Å². The Morgan fingerprint density at radius 1 is 1.21 bits per heavy atom. The SMILES string of the molecule is COC(=O)c1occ(C)c1C(=O)OC. The van der Waals surface area contributed by atoms with Crippen molar-refractivity contribution < 1.29 is 23.5 Å². The quantitative estimate of drug-likeness (QED) is 0.667. The fourth-order valence-electron chi connectivity index (χ4n) is 1.04. The van der Waals surface area contributed by atoms with Crippen LogP contribution in [0.1, 0.15) is 26.5 Å². The molecule has 0 aliphatic carbocycles. The van der Waals surface area contributed by atoms with Gasteiger partial charge in [0.15, 0.2) is 0 Å². The molecule has 0 aliphatic rings. The minimum Gasteiger partial charge on any atom is -0.465 e. The van der Waals surface area contributed by atoms with Crippen molar-refractivity contribution in [1.29, 1.82) is 0 Å². The standard InChI is InChI=1S/C9H10O5/c1-5-4-14-7(9(11)13-3)6(5)8(10)12-2/h4H,1-3H3. The van der Waals surface area contributed by atoms with Crippen LogP contribution in [-0.2, 0) is 9.47 Å². The zero-order valence-electron chi connectivity index (χ0n) is 8.12. The molecule has 0 spiro atoms. The molecule has 14 heavy (non-hydrogen) atoms. The summed E-state index contributed by atoms with van der Waals surface area (Å²) in [7, 11) is 2.44. The molecular weight excluding hydrogens is 188 g/mol. The molecule has 1 aromatic rings. The lowest BCUT2D eigenvalue weighted by atomic mass is 10.1. The number of carbonyl (C=O) groups excluding carboxylic acids is 2. The van der Waals surface area contributed by atoms with Crippen LogP contribution >= 0.6 is 0 Å². The van der Waals surface area contributed by atoms with E-state index in [1.807, 2.05) is 0 Å². The molecule has 0 amide bonds. The third-order valence-corrected chi connectivity index (χ3v) is 1.74. The van der Waals surface area contributed by atoms with Crippen molar-refractivity contribution in [3.63, 3.8) is 0 Å². The van der Waals surface area contributed by atoms with Crippen molar-refractivity contribution >= 4 is 11.9 Å². The molecule has 0 saturated heterocycles. The van der Waals surface area contributed by atoms with E-state index in [9.17, 15) is 9.59 Å². The molecule has 0 atom stereocenters. The van der Waals surface area contributed by atoms with E-state index in [4.69, 9.17) is 4.42 Å². The van der Waals surface area contributed by atoms with Crippen LogP contribution in [0.2, 0.25) is 0 Å². The molecule has 0 aliphatic heterocycles. The van der Waals surface area contributed by atoms with Crippen molar-refractivity contribution in [2.24, 2.45) is 0 Å². The van der Waals surface area contributed by atoms with E-state index >= 15 is 0 Å². The zero-order valence-corrected chi connectivity index (χ0v) is 8.12. The first-order valence-electron chi connectivity index (χ1n) is 3.86. The van der Waals surface area contributed by atoms with Gasteiger partial charge < -0.3 is 13.9 Å². The van der Waals surface area contributed by atoms with E-state index in [1.54, 1.807) is 6.92 Å². The van der Waals surface area contributed by atoms with E-state index < -0.39 is 11.9 Å². The summed E-state index contributed by atoms with van der Waals surface area (Å²) < 4.78 is 13.8. The first kappa shape index (κ1) is 10.3. The predicted octanol–water partition coefficient (Wildman–Crippen LogP) is 1.16. The Balaban J connectivity index is 3.19. The van der Waals surface area contributed by atoms with Crippen molar-refractivity contribution in [1.82, 2.24) is 0 Å². The van der Waals surface area contributed by atoms with Crippen LogP contribution in [0.3, 0.4) is 0 Å². The van der Waals surface area contributed by atoms with Crippen LogP contribution in [0.25, 0.3) is 0 Å². The van der Waals surface area contributed by atoms with Gasteiger partial charge in [0.1, 0.15) is 5.56 Å². The number of rotatable bonds is 2. The summed E-state index contributed by atoms with van der Waals surface area (Å²) in [5, 5.41) is 0. The lowest BCUT2D eigenvalue weighted by Gasteiger charge is -1.99. The van der Waals surface area contributed by atoms with Crippen LogP contribution in [0.15, 0.2) is 10.7 Å². The summed E-state index contributed by atoms with van der Waals surface area (Å²) in [4.78, 5) is 22.4. The maximum Gasteiger partial charge on any atom is 0.374 e. The number of aryl methyl sites for hydroxylation is 1. The topological polar surface area (TPSA) is 65.7 Å². The highest BCUT2D eigenvalue weighted by Gasteiger charge is 2.24. The maximum atomic E-state index is 11.2. The maximum absolute atomic E-state index is 11.2. The number of hydrogen-bond donors (Lipinski definition) is 0. The van der Waals surface area contributed by atoms with Gasteiger partial charge in [-0.1, -0.05) is 0 Å². The molecule has 76 valence electrons. The number of methoxy groups -OCH3 is 2. The Morgan fingerprint density at radius 2 is 1.79 bits per heavy atom. The molecule has 0 bridgehead atoms. The van der Waals surface area contributed by atoms with Crippen molar-refractivity contribution in [2.75, 3.05) is 14.2 Å². The van der Waals surface area contributed by atoms with Crippen LogP contribution in [0.4, 0.5) is 0 Å². The first-order chi connectivity index (χ1) is 6.61. The molecular formula is C9H10O5. The Hall–Kier alpha value is -1.78. The van der Waals surface area contributed by atoms with E-state index in [1.165, 1.54) is 20.5 Å². The van der Waals surface area contributed by atoms with Gasteiger partial charge in [-0.25, -0.2) is 9.59 Å². The lowest BCUT2D eigenvalue weighted by molar-refractivity contribution is 0.0528. The summed E-state index contributed by atoms with van der Waals surface area (Å²) in [6.07, 6.45) is 1.30. The fraction of sp³-hybridized carbons (Fsp3) is 0.333. The van der Waals surface area contributed by atoms with Gasteiger partial charge in [-0.3, -0.25) is 0 Å². The van der Waals surface area contributed by atoms with Crippen LogP contribution in [0, 0.1) is 6.92 Å². The second-order valence-electron chi connectivity index (χ2n) is 2.61. The molecule has 5 heteroatoms. The van der Waals surface area contributed by atoms with Gasteiger partial charge in [-0.2, -0.15) is 0 Å². The minimum absolute atomic E-state index is 0.111. The second-order valence-corrected chi connectivity index (χ2v) is 2.61. The Morgan fingerprint density at radius 3 is 2.29 bits per heavy atom. The number of furan rings is 1. The average molecular weight is 198 g/mol. The summed E-state index contributed by atoms with van der Waals surface area (Å²) in [5.74, 6) is -1.44. The highest BCUT2D eigenvalue weighted by Crippen LogP contribution is 2.18. The van der Waals surface area contributed by atoms with Gasteiger partial charge in [-0.15, -0.1) is 0 Å². The summed E-state index contributed by atoms with van der Waals surface area (Å²) >= 11 is 0. The van der Waals surface area contributed by atoms with Gasteiger partial charge in [-0.05, 0) is 6.92 Å². The molecule has 0 N–H and O–H groups in total. The fourth-order valence-corrected chi connectivity index (χ4v) is 1.04. The minimum atomic E-state index is -0.696. The molecule has 5 nitrogen and oxygen atoms in total. The van der Waals surface area contributed by atoms with Gasteiger partial charge >= 0.3 is 11.9 Å². The molecule has 0 aromatic carbocycles. The summed E-state index contributed by atoms with van der Waals surface area (Å²) in [6.45, 7) is 1.64. The number of esters is 2. The third kappa shape index (κ3) is 1.61. The molecule has 1 rings (SSSR count). The normalized spacial score (nSPS) is 9.64. The number of hydrogen-bond acceptors (Lipinski definition) is 5.